The zero-order valence-electron chi connectivity index (χ0n) is 13.2. The van der Waals surface area contributed by atoms with Gasteiger partial charge in [0.05, 0.1) is 0 Å². The second-order valence-electron chi connectivity index (χ2n) is 5.82. The van der Waals surface area contributed by atoms with E-state index in [2.05, 4.69) is 41.4 Å². The predicted molar refractivity (Wildman–Crippen MR) is 95.7 cm³/mol. The minimum absolute atomic E-state index is 0. The summed E-state index contributed by atoms with van der Waals surface area (Å²) in [7, 11) is 0. The third-order valence-electron chi connectivity index (χ3n) is 3.92. The van der Waals surface area contributed by atoms with E-state index in [1.165, 1.54) is 5.56 Å². The average Bonchev–Trinajstić information content (AvgIpc) is 2.86. The van der Waals surface area contributed by atoms with Crippen LogP contribution in [0.1, 0.15) is 38.3 Å². The number of nitrogens with zero attached hydrogens (tertiary/aromatic N) is 1. The highest BCUT2D eigenvalue weighted by Gasteiger charge is 2.27. The first-order valence-electron chi connectivity index (χ1n) is 7.40. The minimum atomic E-state index is -0.0734. The number of nitrogens with two attached hydrogens (primary N) is 1. The molecule has 6 heteroatoms. The molecule has 0 aromatic heterocycles. The number of amides is 1. The quantitative estimate of drug-likeness (QED) is 0.860. The van der Waals surface area contributed by atoms with E-state index in [0.717, 1.165) is 19.5 Å². The number of benzene rings is 1. The van der Waals surface area contributed by atoms with Gasteiger partial charge in [-0.15, -0.1) is 24.8 Å². The van der Waals surface area contributed by atoms with Gasteiger partial charge in [-0.25, -0.2) is 0 Å². The maximum absolute atomic E-state index is 11.7. The van der Waals surface area contributed by atoms with Crippen LogP contribution >= 0.6 is 24.8 Å². The lowest BCUT2D eigenvalue weighted by Gasteiger charge is -2.24. The molecule has 1 aromatic carbocycles. The Kier molecular flexibility index (Phi) is 9.69. The second kappa shape index (κ2) is 10.1. The van der Waals surface area contributed by atoms with Crippen molar-refractivity contribution in [2.24, 2.45) is 5.73 Å². The lowest BCUT2D eigenvalue weighted by atomic mass is 10.1. The van der Waals surface area contributed by atoms with E-state index in [9.17, 15) is 4.79 Å². The number of carbonyl (C=O) groups is 1. The molecular formula is C16H27Cl2N3O. The van der Waals surface area contributed by atoms with Crippen molar-refractivity contribution in [2.75, 3.05) is 13.1 Å². The number of rotatable bonds is 5. The Balaban J connectivity index is 0.00000220. The van der Waals surface area contributed by atoms with Crippen LogP contribution in [-0.4, -0.2) is 36.0 Å². The van der Waals surface area contributed by atoms with Crippen LogP contribution in [0.15, 0.2) is 30.3 Å². The molecule has 0 radical (unpaired) electrons. The Bertz CT molecular complexity index is 442. The summed E-state index contributed by atoms with van der Waals surface area (Å²) in [5.74, 6) is 0.0687. The van der Waals surface area contributed by atoms with E-state index in [1.807, 2.05) is 13.0 Å². The van der Waals surface area contributed by atoms with E-state index < -0.39 is 0 Å². The van der Waals surface area contributed by atoms with Gasteiger partial charge in [-0.1, -0.05) is 30.3 Å². The molecule has 1 saturated heterocycles. The van der Waals surface area contributed by atoms with Gasteiger partial charge in [0.25, 0.3) is 0 Å². The molecule has 2 rings (SSSR count). The Morgan fingerprint density at radius 3 is 2.55 bits per heavy atom. The molecule has 0 saturated carbocycles. The van der Waals surface area contributed by atoms with E-state index in [4.69, 9.17) is 5.73 Å². The largest absolute Gasteiger partial charge is 0.352 e. The van der Waals surface area contributed by atoms with Gasteiger partial charge in [0.2, 0.25) is 5.91 Å². The molecule has 126 valence electrons. The molecular weight excluding hydrogens is 321 g/mol. The molecule has 0 bridgehead atoms. The minimum Gasteiger partial charge on any atom is -0.352 e. The molecule has 4 nitrogen and oxygen atoms in total. The standard InChI is InChI=1S/C16H25N3O.2ClH/c1-12(17)10-16(20)18-15-8-9-19(11-15)13(2)14-6-4-3-5-7-14;;/h3-7,12-13,15H,8-11,17H2,1-2H3,(H,18,20);2*1H. The van der Waals surface area contributed by atoms with Crippen LogP contribution in [0.3, 0.4) is 0 Å². The maximum Gasteiger partial charge on any atom is 0.221 e. The zero-order chi connectivity index (χ0) is 14.5. The predicted octanol–water partition coefficient (Wildman–Crippen LogP) is 2.52. The van der Waals surface area contributed by atoms with Crippen LogP contribution in [0.5, 0.6) is 0 Å². The molecule has 1 aliphatic heterocycles. The maximum atomic E-state index is 11.7. The fourth-order valence-corrected chi connectivity index (χ4v) is 2.78. The number of hydrogen-bond acceptors (Lipinski definition) is 3. The van der Waals surface area contributed by atoms with Gasteiger partial charge in [0.15, 0.2) is 0 Å². The molecule has 3 unspecified atom stereocenters. The van der Waals surface area contributed by atoms with E-state index in [1.54, 1.807) is 0 Å². The van der Waals surface area contributed by atoms with Crippen molar-refractivity contribution in [3.63, 3.8) is 0 Å². The summed E-state index contributed by atoms with van der Waals surface area (Å²) in [5, 5.41) is 3.09. The zero-order valence-corrected chi connectivity index (χ0v) is 14.8. The molecule has 1 aromatic rings. The Hall–Kier alpha value is -0.810. The lowest BCUT2D eigenvalue weighted by molar-refractivity contribution is -0.121. The van der Waals surface area contributed by atoms with Crippen LogP contribution in [0.25, 0.3) is 0 Å². The van der Waals surface area contributed by atoms with Crippen molar-refractivity contribution < 1.29 is 4.79 Å². The van der Waals surface area contributed by atoms with Crippen molar-refractivity contribution in [1.29, 1.82) is 0 Å². The smallest absolute Gasteiger partial charge is 0.221 e. The monoisotopic (exact) mass is 347 g/mol. The van der Waals surface area contributed by atoms with E-state index >= 15 is 0 Å². The summed E-state index contributed by atoms with van der Waals surface area (Å²) >= 11 is 0. The van der Waals surface area contributed by atoms with Gasteiger partial charge >= 0.3 is 0 Å². The number of halogens is 2. The van der Waals surface area contributed by atoms with Gasteiger partial charge in [-0.2, -0.15) is 0 Å². The highest BCUT2D eigenvalue weighted by atomic mass is 35.5. The first kappa shape index (κ1) is 21.2. The highest BCUT2D eigenvalue weighted by molar-refractivity contribution is 5.85. The topological polar surface area (TPSA) is 58.4 Å². The highest BCUT2D eigenvalue weighted by Crippen LogP contribution is 2.24. The van der Waals surface area contributed by atoms with Crippen molar-refractivity contribution in [3.05, 3.63) is 35.9 Å². The molecule has 3 atom stereocenters. The number of carbonyl (C=O) groups excluding carboxylic acids is 1. The third kappa shape index (κ3) is 6.13. The summed E-state index contributed by atoms with van der Waals surface area (Å²) in [5.41, 5.74) is 6.98. The number of nitrogens with one attached hydrogen (secondary N) is 1. The molecule has 22 heavy (non-hydrogen) atoms. The summed E-state index contributed by atoms with van der Waals surface area (Å²) < 4.78 is 0. The van der Waals surface area contributed by atoms with Crippen LogP contribution < -0.4 is 11.1 Å². The Morgan fingerprint density at radius 1 is 1.32 bits per heavy atom. The summed E-state index contributed by atoms with van der Waals surface area (Å²) in [4.78, 5) is 14.2. The second-order valence-corrected chi connectivity index (χ2v) is 5.82. The van der Waals surface area contributed by atoms with Crippen molar-refractivity contribution in [3.8, 4) is 0 Å². The van der Waals surface area contributed by atoms with Crippen molar-refractivity contribution in [2.45, 2.75) is 44.8 Å². The normalized spacial score (nSPS) is 20.4. The molecule has 1 amide bonds. The van der Waals surface area contributed by atoms with Gasteiger partial charge < -0.3 is 11.1 Å². The molecule has 0 aliphatic carbocycles. The Morgan fingerprint density at radius 2 is 1.95 bits per heavy atom. The summed E-state index contributed by atoms with van der Waals surface area (Å²) in [6.07, 6.45) is 1.42. The van der Waals surface area contributed by atoms with Crippen LogP contribution in [-0.2, 0) is 4.79 Å². The van der Waals surface area contributed by atoms with Gasteiger partial charge in [0.1, 0.15) is 0 Å². The summed E-state index contributed by atoms with van der Waals surface area (Å²) in [6, 6.07) is 11.1. The SMILES string of the molecule is CC(N)CC(=O)NC1CCN(C(C)c2ccccc2)C1.Cl.Cl. The molecule has 1 heterocycles. The van der Waals surface area contributed by atoms with E-state index in [-0.39, 0.29) is 42.8 Å². The fraction of sp³-hybridized carbons (Fsp3) is 0.562. The summed E-state index contributed by atoms with van der Waals surface area (Å²) in [6.45, 7) is 6.03. The molecule has 1 aliphatic rings. The lowest BCUT2D eigenvalue weighted by Crippen LogP contribution is -2.39. The van der Waals surface area contributed by atoms with Crippen LogP contribution in [0.2, 0.25) is 0 Å². The molecule has 1 fully saturated rings. The van der Waals surface area contributed by atoms with Crippen molar-refractivity contribution in [1.82, 2.24) is 10.2 Å². The van der Waals surface area contributed by atoms with Crippen LogP contribution in [0, 0.1) is 0 Å². The van der Waals surface area contributed by atoms with Gasteiger partial charge in [-0.3, -0.25) is 9.69 Å². The average molecular weight is 348 g/mol. The van der Waals surface area contributed by atoms with Gasteiger partial charge in [0, 0.05) is 37.6 Å². The number of hydrogen-bond donors (Lipinski definition) is 2. The van der Waals surface area contributed by atoms with Crippen LogP contribution in [0.4, 0.5) is 0 Å². The third-order valence-corrected chi connectivity index (χ3v) is 3.92. The number of likely N-dealkylation sites (tertiary alicyclic amines) is 1. The van der Waals surface area contributed by atoms with Crippen molar-refractivity contribution >= 4 is 30.7 Å². The Labute approximate surface area is 145 Å². The first-order chi connectivity index (χ1) is 9.56. The molecule has 0 spiro atoms. The fourth-order valence-electron chi connectivity index (χ4n) is 2.78. The first-order valence-corrected chi connectivity index (χ1v) is 7.40. The van der Waals surface area contributed by atoms with Gasteiger partial charge in [-0.05, 0) is 25.8 Å². The molecule has 3 N–H and O–H groups in total. The van der Waals surface area contributed by atoms with E-state index in [0.29, 0.717) is 12.5 Å².